The first-order valence-electron chi connectivity index (χ1n) is 12.0. The van der Waals surface area contributed by atoms with Gasteiger partial charge in [0, 0.05) is 29.3 Å². The number of amides is 1. The number of rotatable bonds is 6. The molecule has 1 unspecified atom stereocenters. The summed E-state index contributed by atoms with van der Waals surface area (Å²) in [5.74, 6) is -2.67. The number of alkyl halides is 3. The van der Waals surface area contributed by atoms with Crippen LogP contribution in [0.1, 0.15) is 36.6 Å². The minimum absolute atomic E-state index is 0.00532. The summed E-state index contributed by atoms with van der Waals surface area (Å²) in [6.45, 7) is 1.37. The predicted molar refractivity (Wildman–Crippen MR) is 133 cm³/mol. The summed E-state index contributed by atoms with van der Waals surface area (Å²) in [6, 6.07) is 11.5. The van der Waals surface area contributed by atoms with E-state index in [0.717, 1.165) is 0 Å². The van der Waals surface area contributed by atoms with Crippen LogP contribution >= 0.6 is 0 Å². The average molecular weight is 545 g/mol. The van der Waals surface area contributed by atoms with Crippen LogP contribution in [0.2, 0.25) is 0 Å². The smallest absolute Gasteiger partial charge is 0.471 e. The van der Waals surface area contributed by atoms with Crippen molar-refractivity contribution in [1.82, 2.24) is 0 Å². The maximum Gasteiger partial charge on any atom is 0.471 e. The molecule has 5 rings (SSSR count). The monoisotopic (exact) mass is 545 g/mol. The number of esters is 1. The van der Waals surface area contributed by atoms with E-state index < -0.39 is 36.0 Å². The fourth-order valence-corrected chi connectivity index (χ4v) is 4.56. The second-order valence-corrected chi connectivity index (χ2v) is 8.95. The van der Waals surface area contributed by atoms with Gasteiger partial charge in [-0.05, 0) is 36.4 Å². The molecule has 2 aliphatic heterocycles. The molecule has 3 N–H and O–H groups in total. The molecule has 3 aromatic rings. The Morgan fingerprint density at radius 2 is 1.85 bits per heavy atom. The zero-order valence-electron chi connectivity index (χ0n) is 20.5. The normalized spacial score (nSPS) is 17.5. The molecule has 3 aromatic carbocycles. The van der Waals surface area contributed by atoms with Crippen LogP contribution in [-0.2, 0) is 14.3 Å². The maximum atomic E-state index is 13.8. The first kappa shape index (κ1) is 26.1. The quantitative estimate of drug-likeness (QED) is 0.237. The highest BCUT2D eigenvalue weighted by Crippen LogP contribution is 2.46. The van der Waals surface area contributed by atoms with Gasteiger partial charge in [0.2, 0.25) is 0 Å². The van der Waals surface area contributed by atoms with Crippen LogP contribution in [0.3, 0.4) is 0 Å². The summed E-state index contributed by atoms with van der Waals surface area (Å²) in [5, 5.41) is 2.95. The van der Waals surface area contributed by atoms with Crippen molar-refractivity contribution in [2.75, 3.05) is 29.2 Å². The molecule has 2 aliphatic rings. The number of ether oxygens (including phenoxy) is 3. The third kappa shape index (κ3) is 5.01. The number of anilines is 4. The van der Waals surface area contributed by atoms with Crippen molar-refractivity contribution < 1.29 is 41.4 Å². The average Bonchev–Trinajstić information content (AvgIpc) is 3.50. The largest absolute Gasteiger partial charge is 0.489 e. The Bertz CT molecular complexity index is 1450. The van der Waals surface area contributed by atoms with E-state index in [2.05, 4.69) is 5.32 Å². The number of nitrogen functional groups attached to an aromatic ring is 1. The fraction of sp³-hybridized carbons (Fsp3) is 0.259. The summed E-state index contributed by atoms with van der Waals surface area (Å²) in [7, 11) is 0. The molecular weight excluding hydrogens is 522 g/mol. The first-order valence-corrected chi connectivity index (χ1v) is 12.0. The van der Waals surface area contributed by atoms with Gasteiger partial charge in [-0.2, -0.15) is 13.2 Å². The van der Waals surface area contributed by atoms with Crippen molar-refractivity contribution in [3.63, 3.8) is 0 Å². The van der Waals surface area contributed by atoms with Gasteiger partial charge in [-0.3, -0.25) is 14.5 Å². The number of nitrogens with one attached hydrogen (secondary N) is 1. The SMILES string of the molecule is CCC(=O)O[C@@H]1COc2cc(N(C(=O)C(F)(F)F)C3COc4c(Nc5cc(F)ccc5N)cccc43)ccc21. The molecule has 0 saturated carbocycles. The molecule has 2 atom stereocenters. The van der Waals surface area contributed by atoms with Crippen molar-refractivity contribution in [1.29, 1.82) is 0 Å². The van der Waals surface area contributed by atoms with Crippen LogP contribution in [0.4, 0.5) is 40.3 Å². The van der Waals surface area contributed by atoms with Crippen molar-refractivity contribution >= 4 is 34.6 Å². The highest BCUT2D eigenvalue weighted by atomic mass is 19.4. The van der Waals surface area contributed by atoms with Crippen molar-refractivity contribution in [3.8, 4) is 11.5 Å². The highest BCUT2D eigenvalue weighted by Gasteiger charge is 2.48. The first-order chi connectivity index (χ1) is 18.6. The number of halogens is 4. The Kier molecular flexibility index (Phi) is 6.71. The Labute approximate surface area is 220 Å². The molecule has 0 radical (unpaired) electrons. The third-order valence-electron chi connectivity index (χ3n) is 6.42. The van der Waals surface area contributed by atoms with E-state index in [1.807, 2.05) is 0 Å². The molecule has 39 heavy (non-hydrogen) atoms. The van der Waals surface area contributed by atoms with Gasteiger partial charge >= 0.3 is 18.1 Å². The number of carbonyl (C=O) groups is 2. The van der Waals surface area contributed by atoms with Gasteiger partial charge in [0.05, 0.1) is 23.1 Å². The maximum absolute atomic E-state index is 13.8. The van der Waals surface area contributed by atoms with Crippen LogP contribution in [-0.4, -0.2) is 31.3 Å². The number of fused-ring (bicyclic) bond motifs is 2. The van der Waals surface area contributed by atoms with Crippen LogP contribution in [0.5, 0.6) is 11.5 Å². The molecule has 0 spiro atoms. The number of hydrogen-bond acceptors (Lipinski definition) is 7. The highest BCUT2D eigenvalue weighted by molar-refractivity contribution is 5.98. The predicted octanol–water partition coefficient (Wildman–Crippen LogP) is 5.57. The molecule has 204 valence electrons. The Hall–Kier alpha value is -4.48. The van der Waals surface area contributed by atoms with Gasteiger partial charge in [0.25, 0.3) is 0 Å². The molecule has 0 saturated heterocycles. The summed E-state index contributed by atoms with van der Waals surface area (Å²) in [4.78, 5) is 25.1. The Morgan fingerprint density at radius 1 is 1.05 bits per heavy atom. The molecule has 12 heteroatoms. The van der Waals surface area contributed by atoms with Gasteiger partial charge in [-0.25, -0.2) is 4.39 Å². The van der Waals surface area contributed by atoms with Gasteiger partial charge in [0.15, 0.2) is 6.10 Å². The molecule has 1 amide bonds. The van der Waals surface area contributed by atoms with Crippen molar-refractivity contribution in [3.05, 3.63) is 71.5 Å². The van der Waals surface area contributed by atoms with E-state index in [-0.39, 0.29) is 48.2 Å². The number of carbonyl (C=O) groups excluding carboxylic acids is 2. The second kappa shape index (κ2) is 10.0. The number of nitrogens with zero attached hydrogens (tertiary/aromatic N) is 1. The summed E-state index contributed by atoms with van der Waals surface area (Å²) in [5.41, 5.74) is 7.47. The van der Waals surface area contributed by atoms with E-state index in [1.165, 1.54) is 36.4 Å². The van der Waals surface area contributed by atoms with E-state index in [9.17, 15) is 27.2 Å². The van der Waals surface area contributed by atoms with Crippen molar-refractivity contribution in [2.24, 2.45) is 0 Å². The third-order valence-corrected chi connectivity index (χ3v) is 6.42. The lowest BCUT2D eigenvalue weighted by atomic mass is 10.0. The Balaban J connectivity index is 1.51. The summed E-state index contributed by atoms with van der Waals surface area (Å²) < 4.78 is 71.8. The minimum atomic E-state index is -5.19. The van der Waals surface area contributed by atoms with Gasteiger partial charge < -0.3 is 25.3 Å². The van der Waals surface area contributed by atoms with Gasteiger partial charge in [-0.1, -0.05) is 19.1 Å². The number of benzene rings is 3. The van der Waals surface area contributed by atoms with Gasteiger partial charge in [0.1, 0.15) is 30.5 Å². The number of para-hydroxylation sites is 1. The van der Waals surface area contributed by atoms with Crippen LogP contribution in [0.25, 0.3) is 0 Å². The minimum Gasteiger partial charge on any atom is -0.489 e. The molecule has 8 nitrogen and oxygen atoms in total. The van der Waals surface area contributed by atoms with Crippen LogP contribution < -0.4 is 25.4 Å². The van der Waals surface area contributed by atoms with E-state index in [0.29, 0.717) is 21.7 Å². The lowest BCUT2D eigenvalue weighted by Crippen LogP contribution is -2.44. The van der Waals surface area contributed by atoms with E-state index >= 15 is 0 Å². The summed E-state index contributed by atoms with van der Waals surface area (Å²) in [6.07, 6.45) is -5.73. The van der Waals surface area contributed by atoms with Crippen LogP contribution in [0.15, 0.2) is 54.6 Å². The molecule has 0 aromatic heterocycles. The zero-order chi connectivity index (χ0) is 27.9. The molecule has 2 heterocycles. The number of hydrogen-bond donors (Lipinski definition) is 2. The fourth-order valence-electron chi connectivity index (χ4n) is 4.56. The molecule has 0 aliphatic carbocycles. The lowest BCUT2D eigenvalue weighted by molar-refractivity contribution is -0.171. The molecule has 0 bridgehead atoms. The Morgan fingerprint density at radius 3 is 2.59 bits per heavy atom. The molecule has 0 fully saturated rings. The lowest BCUT2D eigenvalue weighted by Gasteiger charge is -2.29. The van der Waals surface area contributed by atoms with E-state index in [4.69, 9.17) is 19.9 Å². The molecular formula is C27H23F4N3O5. The number of nitrogens with two attached hydrogens (primary N) is 1. The van der Waals surface area contributed by atoms with Gasteiger partial charge in [-0.15, -0.1) is 0 Å². The zero-order valence-corrected chi connectivity index (χ0v) is 20.5. The second-order valence-electron chi connectivity index (χ2n) is 8.95. The van der Waals surface area contributed by atoms with Crippen molar-refractivity contribution in [2.45, 2.75) is 31.7 Å². The standard InChI is InChI=1S/C27H23F4N3O5/c1-2-24(35)39-23-13-37-22-11-15(7-8-17(22)23)34(26(36)27(29,30)31)21-12-38-25-16(21)4-3-5-19(25)33-20-10-14(28)6-9-18(20)32/h3-11,21,23,33H,2,12-13,32H2,1H3/t21?,23-/m1/s1. The summed E-state index contributed by atoms with van der Waals surface area (Å²) >= 11 is 0. The topological polar surface area (TPSA) is 103 Å². The van der Waals surface area contributed by atoms with Crippen LogP contribution in [0, 0.1) is 5.82 Å². The van der Waals surface area contributed by atoms with E-state index in [1.54, 1.807) is 25.1 Å².